The van der Waals surface area contributed by atoms with E-state index in [0.717, 1.165) is 24.0 Å². The lowest BCUT2D eigenvalue weighted by molar-refractivity contribution is -0.115. The molecule has 66 valence electrons. The first-order valence-corrected chi connectivity index (χ1v) is 4.82. The standard InChI is InChI=1S/C12H12O/c13-12-9-3-1-2-6-10-7-4-5-8-11(10)12/h7-8H,1-3,6,9H2. The molecule has 0 saturated heterocycles. The molecule has 0 amide bonds. The molecule has 0 fully saturated rings. The normalized spacial score (nSPS) is 21.4. The summed E-state index contributed by atoms with van der Waals surface area (Å²) in [6.45, 7) is 0. The lowest BCUT2D eigenvalue weighted by Gasteiger charge is -2.12. The third-order valence-corrected chi connectivity index (χ3v) is 2.54. The number of allylic oxidation sites excluding steroid dienone is 4. The lowest BCUT2D eigenvalue weighted by Crippen LogP contribution is -2.06. The van der Waals surface area contributed by atoms with Gasteiger partial charge in [-0.05, 0) is 37.0 Å². The average molecular weight is 172 g/mol. The van der Waals surface area contributed by atoms with Crippen molar-refractivity contribution in [3.05, 3.63) is 34.8 Å². The molecule has 2 aliphatic rings. The minimum Gasteiger partial charge on any atom is -0.294 e. The summed E-state index contributed by atoms with van der Waals surface area (Å²) in [5.41, 5.74) is 7.79. The van der Waals surface area contributed by atoms with Gasteiger partial charge < -0.3 is 0 Å². The zero-order valence-corrected chi connectivity index (χ0v) is 7.60. The maximum atomic E-state index is 11.6. The van der Waals surface area contributed by atoms with Crippen LogP contribution < -0.4 is 0 Å². The molecule has 0 radical (unpaired) electrons. The van der Waals surface area contributed by atoms with Crippen molar-refractivity contribution in [3.63, 3.8) is 0 Å². The number of Topliss-reactive ketones (excluding diaryl/α,β-unsaturated/α-hetero) is 1. The maximum absolute atomic E-state index is 11.6. The zero-order valence-electron chi connectivity index (χ0n) is 7.60. The van der Waals surface area contributed by atoms with E-state index in [1.165, 1.54) is 12.8 Å². The van der Waals surface area contributed by atoms with E-state index in [1.54, 1.807) is 6.08 Å². The number of ketones is 1. The molecule has 0 aromatic rings. The van der Waals surface area contributed by atoms with Gasteiger partial charge in [0, 0.05) is 12.0 Å². The van der Waals surface area contributed by atoms with Gasteiger partial charge in [-0.25, -0.2) is 0 Å². The molecular weight excluding hydrogens is 160 g/mol. The van der Waals surface area contributed by atoms with Crippen molar-refractivity contribution in [1.82, 2.24) is 0 Å². The van der Waals surface area contributed by atoms with Gasteiger partial charge in [0.1, 0.15) is 0 Å². The highest BCUT2D eigenvalue weighted by molar-refractivity contribution is 5.99. The summed E-state index contributed by atoms with van der Waals surface area (Å²) in [5, 5.41) is 0. The molecule has 0 bridgehead atoms. The van der Waals surface area contributed by atoms with Crippen molar-refractivity contribution in [2.45, 2.75) is 32.1 Å². The van der Waals surface area contributed by atoms with Crippen molar-refractivity contribution in [3.8, 4) is 0 Å². The van der Waals surface area contributed by atoms with E-state index < -0.39 is 0 Å². The Morgan fingerprint density at radius 2 is 1.77 bits per heavy atom. The summed E-state index contributed by atoms with van der Waals surface area (Å²) in [6, 6.07) is 0. The van der Waals surface area contributed by atoms with E-state index in [0.29, 0.717) is 6.42 Å². The molecule has 2 aliphatic carbocycles. The van der Waals surface area contributed by atoms with Crippen LogP contribution in [0.3, 0.4) is 0 Å². The van der Waals surface area contributed by atoms with Crippen LogP contribution in [0.5, 0.6) is 0 Å². The Kier molecular flexibility index (Phi) is 2.31. The van der Waals surface area contributed by atoms with Gasteiger partial charge in [0.05, 0.1) is 0 Å². The quantitative estimate of drug-likeness (QED) is 0.513. The third kappa shape index (κ3) is 1.72. The van der Waals surface area contributed by atoms with E-state index in [1.807, 2.05) is 6.08 Å². The number of carbonyl (C=O) groups is 1. The molecule has 0 aromatic heterocycles. The molecule has 0 aliphatic heterocycles. The van der Waals surface area contributed by atoms with Crippen LogP contribution in [0.4, 0.5) is 0 Å². The summed E-state index contributed by atoms with van der Waals surface area (Å²) >= 11 is 0. The minimum atomic E-state index is 0.278. The van der Waals surface area contributed by atoms with E-state index >= 15 is 0 Å². The molecule has 1 nitrogen and oxygen atoms in total. The van der Waals surface area contributed by atoms with Crippen LogP contribution in [0.2, 0.25) is 0 Å². The Bertz CT molecular complexity index is 359. The Morgan fingerprint density at radius 3 is 2.69 bits per heavy atom. The largest absolute Gasteiger partial charge is 0.294 e. The van der Waals surface area contributed by atoms with Crippen LogP contribution in [0, 0.1) is 0 Å². The topological polar surface area (TPSA) is 17.1 Å². The second-order valence-corrected chi connectivity index (χ2v) is 3.50. The predicted octanol–water partition coefficient (Wildman–Crippen LogP) is 2.70. The smallest absolute Gasteiger partial charge is 0.163 e. The summed E-state index contributed by atoms with van der Waals surface area (Å²) < 4.78 is 0. The van der Waals surface area contributed by atoms with Gasteiger partial charge in [0.15, 0.2) is 5.78 Å². The molecule has 0 atom stereocenters. The Balaban J connectivity index is 2.35. The number of rotatable bonds is 0. The van der Waals surface area contributed by atoms with Gasteiger partial charge in [0.25, 0.3) is 0 Å². The van der Waals surface area contributed by atoms with Crippen LogP contribution in [0.25, 0.3) is 0 Å². The van der Waals surface area contributed by atoms with Crippen molar-refractivity contribution in [1.29, 1.82) is 0 Å². The first-order valence-electron chi connectivity index (χ1n) is 4.82. The molecule has 13 heavy (non-hydrogen) atoms. The van der Waals surface area contributed by atoms with Gasteiger partial charge in [-0.15, -0.1) is 0 Å². The first-order chi connectivity index (χ1) is 6.38. The van der Waals surface area contributed by atoms with Crippen molar-refractivity contribution in [2.24, 2.45) is 0 Å². The molecule has 0 aromatic carbocycles. The van der Waals surface area contributed by atoms with Gasteiger partial charge in [0.2, 0.25) is 0 Å². The minimum absolute atomic E-state index is 0.278. The van der Waals surface area contributed by atoms with Crippen LogP contribution in [0.1, 0.15) is 32.1 Å². The van der Waals surface area contributed by atoms with E-state index in [-0.39, 0.29) is 5.78 Å². The SMILES string of the molecule is O=C1CCCCCC2=C1C=C=C=C2. The number of carbonyl (C=O) groups excluding carboxylic acids is 1. The van der Waals surface area contributed by atoms with Crippen molar-refractivity contribution in [2.75, 3.05) is 0 Å². The van der Waals surface area contributed by atoms with Crippen molar-refractivity contribution >= 4 is 5.78 Å². The summed E-state index contributed by atoms with van der Waals surface area (Å²) in [7, 11) is 0. The third-order valence-electron chi connectivity index (χ3n) is 2.54. The Labute approximate surface area is 78.1 Å². The van der Waals surface area contributed by atoms with Crippen LogP contribution in [-0.2, 0) is 4.79 Å². The van der Waals surface area contributed by atoms with Gasteiger partial charge in [-0.3, -0.25) is 4.79 Å². The Hall–Kier alpha value is -1.29. The highest BCUT2D eigenvalue weighted by Crippen LogP contribution is 2.23. The fraction of sp³-hybridized carbons (Fsp3) is 0.417. The van der Waals surface area contributed by atoms with Crippen LogP contribution in [-0.4, -0.2) is 5.78 Å². The van der Waals surface area contributed by atoms with Crippen LogP contribution in [0.15, 0.2) is 34.8 Å². The summed E-state index contributed by atoms with van der Waals surface area (Å²) in [4.78, 5) is 11.6. The predicted molar refractivity (Wildman–Crippen MR) is 51.3 cm³/mol. The van der Waals surface area contributed by atoms with Gasteiger partial charge in [-0.2, -0.15) is 0 Å². The Morgan fingerprint density at radius 1 is 1.00 bits per heavy atom. The lowest BCUT2D eigenvalue weighted by atomic mass is 9.91. The number of hydrogen-bond donors (Lipinski definition) is 0. The molecule has 0 N–H and O–H groups in total. The molecule has 0 heterocycles. The van der Waals surface area contributed by atoms with Gasteiger partial charge >= 0.3 is 0 Å². The maximum Gasteiger partial charge on any atom is 0.163 e. The number of hydrogen-bond acceptors (Lipinski definition) is 1. The second kappa shape index (κ2) is 3.62. The fourth-order valence-electron chi connectivity index (χ4n) is 1.79. The highest BCUT2D eigenvalue weighted by Gasteiger charge is 2.14. The van der Waals surface area contributed by atoms with E-state index in [4.69, 9.17) is 0 Å². The summed E-state index contributed by atoms with van der Waals surface area (Å²) in [5.74, 6) is 0.278. The van der Waals surface area contributed by atoms with Crippen molar-refractivity contribution < 1.29 is 4.79 Å². The molecular formula is C12H12O. The molecule has 1 heteroatoms. The van der Waals surface area contributed by atoms with E-state index in [2.05, 4.69) is 11.5 Å². The first kappa shape index (κ1) is 8.31. The molecule has 0 spiro atoms. The molecule has 0 unspecified atom stereocenters. The second-order valence-electron chi connectivity index (χ2n) is 3.50. The van der Waals surface area contributed by atoms with Crippen LogP contribution >= 0.6 is 0 Å². The monoisotopic (exact) mass is 172 g/mol. The zero-order chi connectivity index (χ0) is 9.10. The highest BCUT2D eigenvalue weighted by atomic mass is 16.1. The molecule has 2 rings (SSSR count). The summed E-state index contributed by atoms with van der Waals surface area (Å²) in [6.07, 6.45) is 8.80. The molecule has 0 saturated carbocycles. The fourth-order valence-corrected chi connectivity index (χ4v) is 1.79. The average Bonchev–Trinajstić information content (AvgIpc) is 2.14. The van der Waals surface area contributed by atoms with E-state index in [9.17, 15) is 4.79 Å². The van der Waals surface area contributed by atoms with Gasteiger partial charge in [-0.1, -0.05) is 17.9 Å².